The normalized spacial score (nSPS) is 26.6. The second-order valence-corrected chi connectivity index (χ2v) is 10.5. The fourth-order valence-corrected chi connectivity index (χ4v) is 6.35. The monoisotopic (exact) mass is 519 g/mol. The third-order valence-electron chi connectivity index (χ3n) is 7.68. The number of benzene rings is 1. The summed E-state index contributed by atoms with van der Waals surface area (Å²) in [4.78, 5) is 55.9. The first-order valence-corrected chi connectivity index (χ1v) is 12.6. The summed E-state index contributed by atoms with van der Waals surface area (Å²) in [7, 11) is 0. The van der Waals surface area contributed by atoms with Gasteiger partial charge in [-0.05, 0) is 55.7 Å². The highest BCUT2D eigenvalue weighted by Gasteiger charge is 2.50. The Kier molecular flexibility index (Phi) is 6.40. The molecule has 11 heteroatoms. The third-order valence-corrected chi connectivity index (χ3v) is 8.33. The molecule has 5 atom stereocenters. The number of carbonyl (C=O) groups excluding carboxylic acids is 4. The molecule has 5 rings (SSSR count). The zero-order valence-electron chi connectivity index (χ0n) is 19.0. The van der Waals surface area contributed by atoms with Crippen LogP contribution in [-0.4, -0.2) is 58.7 Å². The van der Waals surface area contributed by atoms with E-state index in [0.717, 1.165) is 19.3 Å². The Balaban J connectivity index is 1.40. The summed E-state index contributed by atoms with van der Waals surface area (Å²) in [6, 6.07) is 3.26. The molecule has 0 spiro atoms. The van der Waals surface area contributed by atoms with Gasteiger partial charge in [0.1, 0.15) is 17.8 Å². The van der Waals surface area contributed by atoms with E-state index in [-0.39, 0.29) is 36.0 Å². The smallest absolute Gasteiger partial charge is 0.271 e. The molecule has 1 aromatic carbocycles. The van der Waals surface area contributed by atoms with Gasteiger partial charge in [0, 0.05) is 24.4 Å². The molecule has 0 radical (unpaired) electrons. The summed E-state index contributed by atoms with van der Waals surface area (Å²) in [5, 5.41) is 7.03. The predicted octanol–water partition coefficient (Wildman–Crippen LogP) is 2.21. The van der Waals surface area contributed by atoms with E-state index in [1.807, 2.05) is 0 Å². The molecule has 3 fully saturated rings. The van der Waals surface area contributed by atoms with E-state index >= 15 is 0 Å². The van der Waals surface area contributed by atoms with E-state index in [2.05, 4.69) is 15.6 Å². The van der Waals surface area contributed by atoms with Crippen molar-refractivity contribution in [3.63, 3.8) is 0 Å². The number of halogens is 2. The number of likely N-dealkylation sites (tertiary alicyclic amines) is 1. The molecule has 5 N–H and O–H groups in total. The fourth-order valence-electron chi connectivity index (χ4n) is 5.93. The first kappa shape index (κ1) is 23.9. The highest BCUT2D eigenvalue weighted by atomic mass is 35.5. The molecule has 3 aliphatic rings. The number of H-pyrrole nitrogens is 1. The van der Waals surface area contributed by atoms with Crippen molar-refractivity contribution in [2.75, 3.05) is 13.1 Å². The summed E-state index contributed by atoms with van der Waals surface area (Å²) >= 11 is 12.6. The van der Waals surface area contributed by atoms with Gasteiger partial charge in [-0.25, -0.2) is 0 Å². The lowest BCUT2D eigenvalue weighted by Gasteiger charge is -2.28. The minimum absolute atomic E-state index is 0.00110. The van der Waals surface area contributed by atoms with Crippen LogP contribution in [0.1, 0.15) is 42.6 Å². The Hall–Kier alpha value is -2.78. The van der Waals surface area contributed by atoms with Crippen LogP contribution in [0.4, 0.5) is 0 Å². The maximum absolute atomic E-state index is 13.6. The van der Waals surface area contributed by atoms with Crippen LogP contribution in [0.25, 0.3) is 10.9 Å². The van der Waals surface area contributed by atoms with Gasteiger partial charge in [0.05, 0.1) is 15.6 Å². The molecule has 1 aliphatic carbocycles. The predicted molar refractivity (Wildman–Crippen MR) is 131 cm³/mol. The van der Waals surface area contributed by atoms with Gasteiger partial charge < -0.3 is 26.3 Å². The van der Waals surface area contributed by atoms with Gasteiger partial charge in [-0.1, -0.05) is 29.6 Å². The van der Waals surface area contributed by atoms with E-state index in [9.17, 15) is 19.2 Å². The molecule has 2 aliphatic heterocycles. The number of rotatable bonds is 6. The van der Waals surface area contributed by atoms with Crippen molar-refractivity contribution in [2.24, 2.45) is 23.5 Å². The van der Waals surface area contributed by atoms with Gasteiger partial charge in [0.15, 0.2) is 0 Å². The van der Waals surface area contributed by atoms with Crippen LogP contribution in [0, 0.1) is 17.8 Å². The molecule has 3 heterocycles. The lowest BCUT2D eigenvalue weighted by atomic mass is 9.92. The maximum atomic E-state index is 13.6. The molecule has 9 nitrogen and oxygen atoms in total. The second kappa shape index (κ2) is 9.35. The Labute approximate surface area is 212 Å². The lowest BCUT2D eigenvalue weighted by molar-refractivity contribution is -0.131. The van der Waals surface area contributed by atoms with E-state index in [1.165, 1.54) is 0 Å². The number of nitrogens with zero attached hydrogens (tertiary/aromatic N) is 1. The largest absolute Gasteiger partial charge is 0.368 e. The summed E-state index contributed by atoms with van der Waals surface area (Å²) in [5.74, 6) is -1.75. The van der Waals surface area contributed by atoms with Crippen LogP contribution in [0.15, 0.2) is 18.2 Å². The zero-order valence-corrected chi connectivity index (χ0v) is 20.5. The van der Waals surface area contributed by atoms with Crippen molar-refractivity contribution in [2.45, 2.75) is 44.2 Å². The van der Waals surface area contributed by atoms with E-state index < -0.39 is 23.9 Å². The van der Waals surface area contributed by atoms with Crippen molar-refractivity contribution in [1.82, 2.24) is 20.5 Å². The topological polar surface area (TPSA) is 137 Å². The fraction of sp³-hybridized carbons (Fsp3) is 0.500. The van der Waals surface area contributed by atoms with Gasteiger partial charge >= 0.3 is 0 Å². The van der Waals surface area contributed by atoms with Crippen molar-refractivity contribution in [1.29, 1.82) is 0 Å². The quantitative estimate of drug-likeness (QED) is 0.464. The van der Waals surface area contributed by atoms with Crippen LogP contribution in [0.5, 0.6) is 0 Å². The Bertz CT molecular complexity index is 1170. The van der Waals surface area contributed by atoms with Crippen LogP contribution in [0.3, 0.4) is 0 Å². The van der Waals surface area contributed by atoms with Crippen molar-refractivity contribution in [3.8, 4) is 0 Å². The number of nitrogens with one attached hydrogen (secondary N) is 3. The standard InChI is InChI=1S/C24H27Cl2N5O4/c25-15-4-5-16(26)19-14(15)9-18(29-19)24(35)31-10-12-2-1-3-13(12)20(31)23(34)30-17(21(27)32)8-11-6-7-28-22(11)33/h4-5,9,11-13,17,20,29H,1-3,6-8,10H2,(H2,27,32)(H,28,33)(H,30,34)/t11-,12-,13-,17-,20-/m0/s1. The number of nitrogens with two attached hydrogens (primary N) is 1. The maximum Gasteiger partial charge on any atom is 0.271 e. The van der Waals surface area contributed by atoms with Gasteiger partial charge in [-0.15, -0.1) is 0 Å². The molecular formula is C24H27Cl2N5O4. The van der Waals surface area contributed by atoms with Gasteiger partial charge in [0.25, 0.3) is 5.91 Å². The SMILES string of the molecule is NC(=O)[C@H](C[C@@H]1CCNC1=O)NC(=O)[C@@H]1[C@H]2CCC[C@H]2CN1C(=O)c1cc2c(Cl)ccc(Cl)c2[nH]1. The summed E-state index contributed by atoms with van der Waals surface area (Å²) in [6.45, 7) is 0.987. The average molecular weight is 520 g/mol. The van der Waals surface area contributed by atoms with Crippen LogP contribution in [-0.2, 0) is 14.4 Å². The molecule has 1 saturated carbocycles. The van der Waals surface area contributed by atoms with Gasteiger partial charge in [-0.2, -0.15) is 0 Å². The number of hydrogen-bond donors (Lipinski definition) is 4. The van der Waals surface area contributed by atoms with Crippen molar-refractivity contribution < 1.29 is 19.2 Å². The summed E-state index contributed by atoms with van der Waals surface area (Å²) < 4.78 is 0. The molecule has 1 aromatic heterocycles. The molecule has 4 amide bonds. The molecule has 2 saturated heterocycles. The minimum Gasteiger partial charge on any atom is -0.368 e. The minimum atomic E-state index is -0.987. The van der Waals surface area contributed by atoms with Crippen molar-refractivity contribution in [3.05, 3.63) is 33.9 Å². The molecule has 0 unspecified atom stereocenters. The van der Waals surface area contributed by atoms with E-state index in [4.69, 9.17) is 28.9 Å². The molecule has 2 aromatic rings. The number of fused-ring (bicyclic) bond motifs is 2. The number of hydrogen-bond acceptors (Lipinski definition) is 4. The average Bonchev–Trinajstić information content (AvgIpc) is 3.59. The number of amides is 4. The number of aromatic nitrogens is 1. The molecule has 35 heavy (non-hydrogen) atoms. The summed E-state index contributed by atoms with van der Waals surface area (Å²) in [5.41, 5.74) is 6.43. The lowest BCUT2D eigenvalue weighted by Crippen LogP contribution is -2.54. The Morgan fingerprint density at radius 2 is 1.94 bits per heavy atom. The Morgan fingerprint density at radius 3 is 2.63 bits per heavy atom. The highest BCUT2D eigenvalue weighted by Crippen LogP contribution is 2.43. The molecule has 186 valence electrons. The van der Waals surface area contributed by atoms with Crippen LogP contribution in [0.2, 0.25) is 10.0 Å². The first-order valence-electron chi connectivity index (χ1n) is 11.9. The van der Waals surface area contributed by atoms with Crippen LogP contribution < -0.4 is 16.4 Å². The number of aromatic amines is 1. The molecular weight excluding hydrogens is 493 g/mol. The van der Waals surface area contributed by atoms with Gasteiger partial charge in [0.2, 0.25) is 17.7 Å². The van der Waals surface area contributed by atoms with E-state index in [1.54, 1.807) is 23.1 Å². The second-order valence-electron chi connectivity index (χ2n) is 9.73. The first-order chi connectivity index (χ1) is 16.7. The van der Waals surface area contributed by atoms with E-state index in [0.29, 0.717) is 46.2 Å². The zero-order chi connectivity index (χ0) is 24.9. The third kappa shape index (κ3) is 4.36. The summed E-state index contributed by atoms with van der Waals surface area (Å²) in [6.07, 6.45) is 3.47. The Morgan fingerprint density at radius 1 is 1.17 bits per heavy atom. The van der Waals surface area contributed by atoms with Gasteiger partial charge in [-0.3, -0.25) is 19.2 Å². The highest BCUT2D eigenvalue weighted by molar-refractivity contribution is 6.40. The van der Waals surface area contributed by atoms with Crippen molar-refractivity contribution >= 4 is 57.7 Å². The molecule has 0 bridgehead atoms. The number of carbonyl (C=O) groups is 4. The van der Waals surface area contributed by atoms with Crippen LogP contribution >= 0.6 is 23.2 Å². The number of primary amides is 1.